The quantitative estimate of drug-likeness (QED) is 0.888. The summed E-state index contributed by atoms with van der Waals surface area (Å²) >= 11 is 0. The monoisotopic (exact) mass is 254 g/mol. The molecule has 98 valence electrons. The summed E-state index contributed by atoms with van der Waals surface area (Å²) in [4.78, 5) is 0. The summed E-state index contributed by atoms with van der Waals surface area (Å²) in [6.45, 7) is 4.69. The summed E-state index contributed by atoms with van der Waals surface area (Å²) in [6, 6.07) is 14.1. The SMILES string of the molecule is Cc1cccc(C(O)C2COc3ccccc32)c1C. The molecule has 1 aliphatic heterocycles. The third-order valence-electron chi connectivity index (χ3n) is 4.08. The number of hydrogen-bond donors (Lipinski definition) is 1. The molecule has 0 saturated carbocycles. The summed E-state index contributed by atoms with van der Waals surface area (Å²) < 4.78 is 5.66. The van der Waals surface area contributed by atoms with Gasteiger partial charge in [-0.2, -0.15) is 0 Å². The van der Waals surface area contributed by atoms with Crippen molar-refractivity contribution in [1.82, 2.24) is 0 Å². The van der Waals surface area contributed by atoms with Gasteiger partial charge in [0.1, 0.15) is 5.75 Å². The average molecular weight is 254 g/mol. The third kappa shape index (κ3) is 2.02. The van der Waals surface area contributed by atoms with Gasteiger partial charge in [0.2, 0.25) is 0 Å². The second kappa shape index (κ2) is 4.71. The second-order valence-corrected chi connectivity index (χ2v) is 5.19. The Morgan fingerprint density at radius 2 is 1.89 bits per heavy atom. The molecule has 2 nitrogen and oxygen atoms in total. The Balaban J connectivity index is 1.98. The largest absolute Gasteiger partial charge is 0.493 e. The van der Waals surface area contributed by atoms with Gasteiger partial charge in [-0.15, -0.1) is 0 Å². The van der Waals surface area contributed by atoms with Crippen LogP contribution in [-0.2, 0) is 0 Å². The van der Waals surface area contributed by atoms with E-state index in [0.717, 1.165) is 16.9 Å². The van der Waals surface area contributed by atoms with Crippen LogP contribution >= 0.6 is 0 Å². The van der Waals surface area contributed by atoms with Crippen LogP contribution in [0.5, 0.6) is 5.75 Å². The Labute approximate surface area is 113 Å². The maximum Gasteiger partial charge on any atom is 0.123 e. The fourth-order valence-corrected chi connectivity index (χ4v) is 2.76. The van der Waals surface area contributed by atoms with Gasteiger partial charge in [-0.25, -0.2) is 0 Å². The predicted octanol–water partition coefficient (Wildman–Crippen LogP) is 3.51. The Hall–Kier alpha value is -1.80. The molecule has 2 aromatic carbocycles. The number of fused-ring (bicyclic) bond motifs is 1. The molecule has 1 N–H and O–H groups in total. The highest BCUT2D eigenvalue weighted by Crippen LogP contribution is 2.41. The molecule has 3 rings (SSSR count). The molecule has 2 unspecified atom stereocenters. The smallest absolute Gasteiger partial charge is 0.123 e. The summed E-state index contributed by atoms with van der Waals surface area (Å²) in [7, 11) is 0. The van der Waals surface area contributed by atoms with Crippen molar-refractivity contribution in [3.8, 4) is 5.75 Å². The van der Waals surface area contributed by atoms with Crippen LogP contribution in [0.15, 0.2) is 42.5 Å². The van der Waals surface area contributed by atoms with E-state index in [2.05, 4.69) is 19.9 Å². The van der Waals surface area contributed by atoms with Crippen molar-refractivity contribution in [2.75, 3.05) is 6.61 Å². The first-order valence-corrected chi connectivity index (χ1v) is 6.64. The summed E-state index contributed by atoms with van der Waals surface area (Å²) in [5.41, 5.74) is 4.49. The van der Waals surface area contributed by atoms with Crippen molar-refractivity contribution in [3.63, 3.8) is 0 Å². The van der Waals surface area contributed by atoms with Crippen molar-refractivity contribution < 1.29 is 9.84 Å². The lowest BCUT2D eigenvalue weighted by atomic mass is 9.88. The molecule has 0 fully saturated rings. The number of aliphatic hydroxyl groups is 1. The first-order chi connectivity index (χ1) is 9.18. The number of rotatable bonds is 2. The van der Waals surface area contributed by atoms with Crippen molar-refractivity contribution in [2.45, 2.75) is 25.9 Å². The zero-order chi connectivity index (χ0) is 13.4. The Morgan fingerprint density at radius 1 is 1.11 bits per heavy atom. The van der Waals surface area contributed by atoms with Crippen LogP contribution in [0.3, 0.4) is 0 Å². The molecular weight excluding hydrogens is 236 g/mol. The van der Waals surface area contributed by atoms with E-state index in [4.69, 9.17) is 4.74 Å². The lowest BCUT2D eigenvalue weighted by molar-refractivity contribution is 0.129. The molecule has 19 heavy (non-hydrogen) atoms. The van der Waals surface area contributed by atoms with Gasteiger partial charge in [-0.1, -0.05) is 36.4 Å². The van der Waals surface area contributed by atoms with E-state index in [1.54, 1.807) is 0 Å². The molecule has 0 aromatic heterocycles. The average Bonchev–Trinajstić information content (AvgIpc) is 2.85. The maximum atomic E-state index is 10.7. The number of aliphatic hydroxyl groups excluding tert-OH is 1. The van der Waals surface area contributed by atoms with E-state index in [1.807, 2.05) is 36.4 Å². The fraction of sp³-hybridized carbons (Fsp3) is 0.294. The van der Waals surface area contributed by atoms with Crippen LogP contribution in [0.25, 0.3) is 0 Å². The van der Waals surface area contributed by atoms with Gasteiger partial charge >= 0.3 is 0 Å². The first-order valence-electron chi connectivity index (χ1n) is 6.64. The van der Waals surface area contributed by atoms with E-state index in [-0.39, 0.29) is 5.92 Å². The molecule has 0 aliphatic carbocycles. The number of benzene rings is 2. The van der Waals surface area contributed by atoms with Gasteiger partial charge in [-0.05, 0) is 36.6 Å². The Bertz CT molecular complexity index is 604. The highest BCUT2D eigenvalue weighted by molar-refractivity contribution is 5.43. The summed E-state index contributed by atoms with van der Waals surface area (Å²) in [6.07, 6.45) is -0.511. The van der Waals surface area contributed by atoms with Crippen LogP contribution in [0.2, 0.25) is 0 Å². The molecule has 0 saturated heterocycles. The van der Waals surface area contributed by atoms with Crippen LogP contribution in [0.4, 0.5) is 0 Å². The van der Waals surface area contributed by atoms with Gasteiger partial charge in [0.25, 0.3) is 0 Å². The molecule has 2 aromatic rings. The normalized spacial score (nSPS) is 18.8. The molecule has 0 amide bonds. The molecule has 1 aliphatic rings. The van der Waals surface area contributed by atoms with Crippen molar-refractivity contribution in [2.24, 2.45) is 0 Å². The van der Waals surface area contributed by atoms with E-state index >= 15 is 0 Å². The fourth-order valence-electron chi connectivity index (χ4n) is 2.76. The van der Waals surface area contributed by atoms with Crippen LogP contribution in [0, 0.1) is 13.8 Å². The van der Waals surface area contributed by atoms with Crippen molar-refractivity contribution in [1.29, 1.82) is 0 Å². The number of para-hydroxylation sites is 1. The molecule has 0 spiro atoms. The van der Waals surface area contributed by atoms with Gasteiger partial charge in [-0.3, -0.25) is 0 Å². The molecular formula is C17H18O2. The van der Waals surface area contributed by atoms with E-state index < -0.39 is 6.10 Å². The molecule has 0 radical (unpaired) electrons. The standard InChI is InChI=1S/C17H18O2/c1-11-6-5-8-13(12(11)2)17(18)15-10-19-16-9-4-3-7-14(15)16/h3-9,15,17-18H,10H2,1-2H3. The third-order valence-corrected chi connectivity index (χ3v) is 4.08. The van der Waals surface area contributed by atoms with Crippen molar-refractivity contribution in [3.05, 3.63) is 64.7 Å². The minimum absolute atomic E-state index is 0.0247. The highest BCUT2D eigenvalue weighted by atomic mass is 16.5. The van der Waals surface area contributed by atoms with Gasteiger partial charge in [0, 0.05) is 5.56 Å². The Kier molecular flexibility index (Phi) is 3.03. The van der Waals surface area contributed by atoms with E-state index in [1.165, 1.54) is 11.1 Å². The van der Waals surface area contributed by atoms with Gasteiger partial charge in [0.15, 0.2) is 0 Å². The summed E-state index contributed by atoms with van der Waals surface area (Å²) in [5, 5.41) is 10.7. The lowest BCUT2D eigenvalue weighted by Gasteiger charge is -2.20. The van der Waals surface area contributed by atoms with Gasteiger partial charge in [0.05, 0.1) is 18.6 Å². The van der Waals surface area contributed by atoms with E-state index in [9.17, 15) is 5.11 Å². The Morgan fingerprint density at radius 3 is 2.74 bits per heavy atom. The zero-order valence-electron chi connectivity index (χ0n) is 11.3. The number of hydrogen-bond acceptors (Lipinski definition) is 2. The topological polar surface area (TPSA) is 29.5 Å². The van der Waals surface area contributed by atoms with Gasteiger partial charge < -0.3 is 9.84 Å². The first kappa shape index (κ1) is 12.2. The predicted molar refractivity (Wildman–Crippen MR) is 75.6 cm³/mol. The number of ether oxygens (including phenoxy) is 1. The van der Waals surface area contributed by atoms with Crippen LogP contribution in [0.1, 0.15) is 34.3 Å². The minimum atomic E-state index is -0.511. The molecule has 2 heteroatoms. The maximum absolute atomic E-state index is 10.7. The molecule has 1 heterocycles. The minimum Gasteiger partial charge on any atom is -0.493 e. The van der Waals surface area contributed by atoms with Crippen LogP contribution in [-0.4, -0.2) is 11.7 Å². The molecule has 0 bridgehead atoms. The lowest BCUT2D eigenvalue weighted by Crippen LogP contribution is -2.13. The van der Waals surface area contributed by atoms with Crippen molar-refractivity contribution >= 4 is 0 Å². The highest BCUT2D eigenvalue weighted by Gasteiger charge is 2.31. The second-order valence-electron chi connectivity index (χ2n) is 5.19. The summed E-state index contributed by atoms with van der Waals surface area (Å²) in [5.74, 6) is 0.925. The number of aryl methyl sites for hydroxylation is 1. The van der Waals surface area contributed by atoms with E-state index in [0.29, 0.717) is 6.61 Å². The zero-order valence-corrected chi connectivity index (χ0v) is 11.3. The molecule has 2 atom stereocenters. The van der Waals surface area contributed by atoms with Crippen LogP contribution < -0.4 is 4.74 Å².